The van der Waals surface area contributed by atoms with Gasteiger partial charge in [0.05, 0.1) is 11.7 Å². The minimum Gasteiger partial charge on any atom is -0.345 e. The molecule has 4 rings (SSSR count). The average Bonchev–Trinajstić information content (AvgIpc) is 3.18. The fourth-order valence-electron chi connectivity index (χ4n) is 3.53. The van der Waals surface area contributed by atoms with Crippen molar-refractivity contribution >= 4 is 39.3 Å². The maximum Gasteiger partial charge on any atom is 0.264 e. The maximum absolute atomic E-state index is 13.0. The van der Waals surface area contributed by atoms with Crippen LogP contribution >= 0.6 is 15.9 Å². The highest BCUT2D eigenvalue weighted by molar-refractivity contribution is 9.10. The van der Waals surface area contributed by atoms with Gasteiger partial charge in [0.1, 0.15) is 17.5 Å². The number of nitrogens with zero attached hydrogens (tertiary/aromatic N) is 2. The molecular weight excluding hydrogens is 480 g/mol. The van der Waals surface area contributed by atoms with E-state index >= 15 is 0 Å². The predicted molar refractivity (Wildman–Crippen MR) is 130 cm³/mol. The topological polar surface area (TPSA) is 94.3 Å². The summed E-state index contributed by atoms with van der Waals surface area (Å²) in [6, 6.07) is 25.4. The van der Waals surface area contributed by atoms with Gasteiger partial charge in [-0.2, -0.15) is 5.26 Å². The van der Waals surface area contributed by atoms with Gasteiger partial charge in [0.15, 0.2) is 0 Å². The summed E-state index contributed by atoms with van der Waals surface area (Å²) in [6.07, 6.45) is 0. The Morgan fingerprint density at radius 1 is 0.970 bits per heavy atom. The molecule has 1 aliphatic heterocycles. The van der Waals surface area contributed by atoms with E-state index in [4.69, 9.17) is 0 Å². The molecule has 0 radical (unpaired) electrons. The van der Waals surface area contributed by atoms with Crippen molar-refractivity contribution < 1.29 is 9.59 Å². The van der Waals surface area contributed by atoms with E-state index in [0.717, 1.165) is 10.0 Å². The molecule has 3 aromatic carbocycles. The van der Waals surface area contributed by atoms with Gasteiger partial charge in [-0.05, 0) is 30.7 Å². The normalized spacial score (nSPS) is 14.4. The van der Waals surface area contributed by atoms with Crippen LogP contribution in [0.5, 0.6) is 0 Å². The first-order valence-corrected chi connectivity index (χ1v) is 11.0. The summed E-state index contributed by atoms with van der Waals surface area (Å²) in [7, 11) is 0. The summed E-state index contributed by atoms with van der Waals surface area (Å²) in [5, 5.41) is 15.5. The molecule has 0 fully saturated rings. The first kappa shape index (κ1) is 22.2. The number of nitriles is 1. The van der Waals surface area contributed by atoms with Gasteiger partial charge < -0.3 is 10.6 Å². The molecule has 0 saturated carbocycles. The Morgan fingerprint density at radius 3 is 2.36 bits per heavy atom. The molecule has 2 N–H and O–H groups in total. The maximum atomic E-state index is 13.0. The smallest absolute Gasteiger partial charge is 0.264 e. The van der Waals surface area contributed by atoms with Crippen LogP contribution in [0.1, 0.15) is 40.0 Å². The SMILES string of the molecule is C[C@H](NC(=O)/C(C#N)=C1\N=C(NC(=O)c2cccc(Br)c2)c2ccccc21)c1ccccc1. The number of hydrogen-bond acceptors (Lipinski definition) is 4. The largest absolute Gasteiger partial charge is 0.345 e. The number of benzene rings is 3. The van der Waals surface area contributed by atoms with Gasteiger partial charge >= 0.3 is 0 Å². The average molecular weight is 499 g/mol. The Bertz CT molecular complexity index is 1340. The molecule has 3 aromatic rings. The summed E-state index contributed by atoms with van der Waals surface area (Å²) < 4.78 is 0.778. The summed E-state index contributed by atoms with van der Waals surface area (Å²) in [4.78, 5) is 30.2. The van der Waals surface area contributed by atoms with Gasteiger partial charge in [0, 0.05) is 21.2 Å². The van der Waals surface area contributed by atoms with Crippen LogP contribution in [-0.4, -0.2) is 17.6 Å². The number of aliphatic imine (C=N–C) groups is 1. The van der Waals surface area contributed by atoms with Crippen molar-refractivity contribution in [3.05, 3.63) is 111 Å². The zero-order valence-electron chi connectivity index (χ0n) is 17.7. The third-order valence-corrected chi connectivity index (χ3v) is 5.70. The van der Waals surface area contributed by atoms with Crippen molar-refractivity contribution in [1.29, 1.82) is 5.26 Å². The van der Waals surface area contributed by atoms with Crippen LogP contribution in [0.25, 0.3) is 5.70 Å². The summed E-state index contributed by atoms with van der Waals surface area (Å²) >= 11 is 3.36. The number of hydrogen-bond donors (Lipinski definition) is 2. The highest BCUT2D eigenvalue weighted by atomic mass is 79.9. The minimum atomic E-state index is -0.526. The highest BCUT2D eigenvalue weighted by Gasteiger charge is 2.28. The number of carbonyl (C=O) groups excluding carboxylic acids is 2. The second-order valence-corrected chi connectivity index (χ2v) is 8.33. The Kier molecular flexibility index (Phi) is 6.48. The van der Waals surface area contributed by atoms with Gasteiger partial charge in [-0.15, -0.1) is 0 Å². The van der Waals surface area contributed by atoms with Crippen LogP contribution in [0.15, 0.2) is 93.9 Å². The lowest BCUT2D eigenvalue weighted by atomic mass is 10.0. The zero-order valence-corrected chi connectivity index (χ0v) is 19.3. The molecule has 0 unspecified atom stereocenters. The van der Waals surface area contributed by atoms with Crippen LogP contribution < -0.4 is 10.6 Å². The van der Waals surface area contributed by atoms with E-state index in [1.807, 2.05) is 55.5 Å². The second-order valence-electron chi connectivity index (χ2n) is 7.41. The second kappa shape index (κ2) is 9.63. The molecule has 0 aromatic heterocycles. The molecule has 0 saturated heterocycles. The first-order valence-electron chi connectivity index (χ1n) is 10.2. The Hall–Kier alpha value is -4.02. The van der Waals surface area contributed by atoms with E-state index in [9.17, 15) is 14.9 Å². The van der Waals surface area contributed by atoms with Crippen LogP contribution in [0.3, 0.4) is 0 Å². The standard InChI is InChI=1S/C26H19BrN4O2/c1-16(17-8-3-2-4-9-17)29-26(33)22(15-28)23-20-12-5-6-13-21(20)24(30-23)31-25(32)18-10-7-11-19(27)14-18/h2-14,16H,1H3,(H,29,33)(H,30,31,32)/b23-22-/t16-/m0/s1. The van der Waals surface area contributed by atoms with Gasteiger partial charge in [-0.1, -0.05) is 76.6 Å². The van der Waals surface area contributed by atoms with E-state index in [0.29, 0.717) is 22.5 Å². The molecule has 1 heterocycles. The highest BCUT2D eigenvalue weighted by Crippen LogP contribution is 2.31. The quantitative estimate of drug-likeness (QED) is 0.401. The molecule has 0 bridgehead atoms. The summed E-state index contributed by atoms with van der Waals surface area (Å²) in [5.74, 6) is -0.573. The molecule has 1 aliphatic rings. The number of amides is 2. The molecule has 6 nitrogen and oxygen atoms in total. The van der Waals surface area contributed by atoms with Gasteiger partial charge in [-0.25, -0.2) is 4.99 Å². The third kappa shape index (κ3) is 4.76. The van der Waals surface area contributed by atoms with Crippen LogP contribution in [0.2, 0.25) is 0 Å². The van der Waals surface area contributed by atoms with E-state index in [2.05, 4.69) is 31.6 Å². The van der Waals surface area contributed by atoms with Crippen LogP contribution in [-0.2, 0) is 4.79 Å². The Labute approximate surface area is 199 Å². The molecule has 0 aliphatic carbocycles. The van der Waals surface area contributed by atoms with Crippen molar-refractivity contribution in [2.75, 3.05) is 0 Å². The summed E-state index contributed by atoms with van der Waals surface area (Å²) in [6.45, 7) is 1.85. The molecule has 7 heteroatoms. The van der Waals surface area contributed by atoms with E-state index in [-0.39, 0.29) is 23.2 Å². The van der Waals surface area contributed by atoms with E-state index in [1.54, 1.807) is 36.4 Å². The van der Waals surface area contributed by atoms with Crippen molar-refractivity contribution in [2.45, 2.75) is 13.0 Å². The molecule has 0 spiro atoms. The van der Waals surface area contributed by atoms with Crippen molar-refractivity contribution in [3.8, 4) is 6.07 Å². The zero-order chi connectivity index (χ0) is 23.4. The fraction of sp³-hybridized carbons (Fsp3) is 0.0769. The van der Waals surface area contributed by atoms with Crippen molar-refractivity contribution in [2.24, 2.45) is 4.99 Å². The molecular formula is C26H19BrN4O2. The Morgan fingerprint density at radius 2 is 1.67 bits per heavy atom. The number of nitrogens with one attached hydrogen (secondary N) is 2. The fourth-order valence-corrected chi connectivity index (χ4v) is 3.93. The first-order chi connectivity index (χ1) is 16.0. The van der Waals surface area contributed by atoms with Crippen molar-refractivity contribution in [3.63, 3.8) is 0 Å². The van der Waals surface area contributed by atoms with Gasteiger partial charge in [0.2, 0.25) is 0 Å². The number of amidine groups is 1. The van der Waals surface area contributed by atoms with Crippen LogP contribution in [0, 0.1) is 11.3 Å². The monoisotopic (exact) mass is 498 g/mol. The predicted octanol–water partition coefficient (Wildman–Crippen LogP) is 4.75. The molecule has 162 valence electrons. The van der Waals surface area contributed by atoms with Gasteiger partial charge in [0.25, 0.3) is 11.8 Å². The van der Waals surface area contributed by atoms with Crippen LogP contribution in [0.4, 0.5) is 0 Å². The lowest BCUT2D eigenvalue weighted by Gasteiger charge is -2.14. The number of carbonyl (C=O) groups is 2. The minimum absolute atomic E-state index is 0.114. The van der Waals surface area contributed by atoms with E-state index < -0.39 is 5.91 Å². The summed E-state index contributed by atoms with van der Waals surface area (Å²) in [5.41, 5.74) is 2.75. The van der Waals surface area contributed by atoms with E-state index in [1.165, 1.54) is 0 Å². The third-order valence-electron chi connectivity index (χ3n) is 5.20. The van der Waals surface area contributed by atoms with Gasteiger partial charge in [-0.3, -0.25) is 9.59 Å². The lowest BCUT2D eigenvalue weighted by molar-refractivity contribution is -0.117. The lowest BCUT2D eigenvalue weighted by Crippen LogP contribution is -2.30. The Balaban J connectivity index is 1.66. The number of fused-ring (bicyclic) bond motifs is 1. The number of halogens is 1. The number of rotatable bonds is 4. The molecule has 33 heavy (non-hydrogen) atoms. The van der Waals surface area contributed by atoms with Crippen molar-refractivity contribution in [1.82, 2.24) is 10.6 Å². The molecule has 2 amide bonds. The molecule has 1 atom stereocenters.